The van der Waals surface area contributed by atoms with Crippen LogP contribution < -0.4 is 10.6 Å². The van der Waals surface area contributed by atoms with Crippen molar-refractivity contribution >= 4 is 23.6 Å². The fourth-order valence-corrected chi connectivity index (χ4v) is 1.85. The van der Waals surface area contributed by atoms with Gasteiger partial charge in [0.2, 0.25) is 0 Å². The molecule has 1 unspecified atom stereocenters. The van der Waals surface area contributed by atoms with Gasteiger partial charge in [-0.2, -0.15) is 0 Å². The molecule has 0 bridgehead atoms. The normalized spacial score (nSPS) is 13.7. The second kappa shape index (κ2) is 7.14. The average Bonchev–Trinajstić information content (AvgIpc) is 2.35. The van der Waals surface area contributed by atoms with Crippen molar-refractivity contribution in [3.63, 3.8) is 0 Å². The van der Waals surface area contributed by atoms with Gasteiger partial charge in [-0.25, -0.2) is 9.59 Å². The van der Waals surface area contributed by atoms with Crippen LogP contribution in [-0.4, -0.2) is 23.1 Å². The number of hydrogen-bond acceptors (Lipinski definition) is 2. The zero-order chi connectivity index (χ0) is 15.3. The van der Waals surface area contributed by atoms with Crippen molar-refractivity contribution in [3.8, 4) is 0 Å². The van der Waals surface area contributed by atoms with Gasteiger partial charge in [0.05, 0.1) is 6.04 Å². The molecule has 6 heteroatoms. The average molecular weight is 299 g/mol. The number of amides is 2. The third-order valence-electron chi connectivity index (χ3n) is 2.94. The zero-order valence-electron chi connectivity index (χ0n) is 11.7. The quantitative estimate of drug-likeness (QED) is 0.782. The van der Waals surface area contributed by atoms with E-state index in [9.17, 15) is 9.59 Å². The lowest BCUT2D eigenvalue weighted by Crippen LogP contribution is -2.49. The molecule has 1 rings (SSSR count). The molecule has 0 radical (unpaired) electrons. The van der Waals surface area contributed by atoms with E-state index in [1.165, 1.54) is 0 Å². The van der Waals surface area contributed by atoms with E-state index in [2.05, 4.69) is 10.6 Å². The number of carbonyl (C=O) groups excluding carboxylic acids is 1. The molecule has 2 atom stereocenters. The first-order valence-corrected chi connectivity index (χ1v) is 6.74. The lowest BCUT2D eigenvalue weighted by atomic mass is 10.1. The second-order valence-electron chi connectivity index (χ2n) is 4.95. The Bertz CT molecular complexity index is 474. The van der Waals surface area contributed by atoms with Crippen LogP contribution in [0.5, 0.6) is 0 Å². The highest BCUT2D eigenvalue weighted by Gasteiger charge is 2.23. The minimum atomic E-state index is -1.05. The number of hydrogen-bond donors (Lipinski definition) is 3. The Morgan fingerprint density at radius 3 is 2.10 bits per heavy atom. The van der Waals surface area contributed by atoms with Crippen LogP contribution in [0.3, 0.4) is 0 Å². The van der Waals surface area contributed by atoms with E-state index in [-0.39, 0.29) is 12.0 Å². The molecule has 1 aromatic carbocycles. The maximum atomic E-state index is 11.8. The Morgan fingerprint density at radius 2 is 1.65 bits per heavy atom. The molecule has 0 fully saturated rings. The predicted octanol–water partition coefficient (Wildman–Crippen LogP) is 2.81. The van der Waals surface area contributed by atoms with E-state index >= 15 is 0 Å². The van der Waals surface area contributed by atoms with E-state index in [1.54, 1.807) is 26.0 Å². The van der Waals surface area contributed by atoms with Crippen LogP contribution in [0.2, 0.25) is 5.02 Å². The van der Waals surface area contributed by atoms with Gasteiger partial charge in [-0.05, 0) is 30.5 Å². The third kappa shape index (κ3) is 4.74. The molecule has 0 aliphatic rings. The number of aliphatic carboxylic acids is 1. The monoisotopic (exact) mass is 298 g/mol. The van der Waals surface area contributed by atoms with Crippen molar-refractivity contribution in [2.24, 2.45) is 5.92 Å². The van der Waals surface area contributed by atoms with Gasteiger partial charge in [0.1, 0.15) is 6.04 Å². The largest absolute Gasteiger partial charge is 0.480 e. The maximum Gasteiger partial charge on any atom is 0.326 e. The lowest BCUT2D eigenvalue weighted by molar-refractivity contribution is -0.140. The first kappa shape index (κ1) is 16.3. The summed E-state index contributed by atoms with van der Waals surface area (Å²) in [5.41, 5.74) is 0.890. The Hall–Kier alpha value is -1.75. The standard InChI is InChI=1S/C14H19ClN2O3/c1-8(2)12(13(18)19)17-14(20)16-9(3)10-4-6-11(15)7-5-10/h4-9,12H,1-3H3,(H,18,19)(H2,16,17,20)/t9?,12-/m0/s1. The first-order valence-electron chi connectivity index (χ1n) is 6.36. The fourth-order valence-electron chi connectivity index (χ4n) is 1.73. The summed E-state index contributed by atoms with van der Waals surface area (Å²) in [5, 5.41) is 14.8. The highest BCUT2D eigenvalue weighted by atomic mass is 35.5. The molecule has 3 N–H and O–H groups in total. The topological polar surface area (TPSA) is 78.4 Å². The number of rotatable bonds is 5. The van der Waals surface area contributed by atoms with Crippen LogP contribution in [0, 0.1) is 5.92 Å². The van der Waals surface area contributed by atoms with Crippen LogP contribution >= 0.6 is 11.6 Å². The Balaban J connectivity index is 2.61. The number of carboxylic acids is 1. The Kier molecular flexibility index (Phi) is 5.82. The molecule has 1 aromatic rings. The molecule has 0 saturated carbocycles. The lowest BCUT2D eigenvalue weighted by Gasteiger charge is -2.20. The van der Waals surface area contributed by atoms with E-state index < -0.39 is 18.0 Å². The summed E-state index contributed by atoms with van der Waals surface area (Å²) >= 11 is 5.80. The molecule has 0 aliphatic heterocycles. The second-order valence-corrected chi connectivity index (χ2v) is 5.39. The molecule has 0 spiro atoms. The number of halogens is 1. The van der Waals surface area contributed by atoms with Crippen LogP contribution in [0.1, 0.15) is 32.4 Å². The number of urea groups is 1. The van der Waals surface area contributed by atoms with Crippen molar-refractivity contribution in [3.05, 3.63) is 34.9 Å². The highest BCUT2D eigenvalue weighted by molar-refractivity contribution is 6.30. The summed E-state index contributed by atoms with van der Waals surface area (Å²) in [6.07, 6.45) is 0. The fraction of sp³-hybridized carbons (Fsp3) is 0.429. The van der Waals surface area contributed by atoms with Gasteiger partial charge in [-0.1, -0.05) is 37.6 Å². The minimum absolute atomic E-state index is 0.191. The summed E-state index contributed by atoms with van der Waals surface area (Å²) in [4.78, 5) is 22.8. The summed E-state index contributed by atoms with van der Waals surface area (Å²) < 4.78 is 0. The van der Waals surface area contributed by atoms with Gasteiger partial charge in [0.15, 0.2) is 0 Å². The molecule has 0 heterocycles. The van der Waals surface area contributed by atoms with Crippen LogP contribution in [0.15, 0.2) is 24.3 Å². The molecular weight excluding hydrogens is 280 g/mol. The highest BCUT2D eigenvalue weighted by Crippen LogP contribution is 2.15. The summed E-state index contributed by atoms with van der Waals surface area (Å²) in [7, 11) is 0. The third-order valence-corrected chi connectivity index (χ3v) is 3.19. The number of carboxylic acid groups (broad SMARTS) is 1. The van der Waals surface area contributed by atoms with Gasteiger partial charge in [-0.15, -0.1) is 0 Å². The zero-order valence-corrected chi connectivity index (χ0v) is 12.4. The predicted molar refractivity (Wildman–Crippen MR) is 77.8 cm³/mol. The molecule has 110 valence electrons. The van der Waals surface area contributed by atoms with E-state index in [0.29, 0.717) is 5.02 Å². The van der Waals surface area contributed by atoms with E-state index in [4.69, 9.17) is 16.7 Å². The number of nitrogens with one attached hydrogen (secondary N) is 2. The van der Waals surface area contributed by atoms with Crippen LogP contribution in [0.4, 0.5) is 4.79 Å². The number of carbonyl (C=O) groups is 2. The van der Waals surface area contributed by atoms with Gasteiger partial charge in [-0.3, -0.25) is 0 Å². The van der Waals surface area contributed by atoms with Crippen LogP contribution in [0.25, 0.3) is 0 Å². The molecule has 0 saturated heterocycles. The van der Waals surface area contributed by atoms with Crippen molar-refractivity contribution in [2.75, 3.05) is 0 Å². The Morgan fingerprint density at radius 1 is 1.10 bits per heavy atom. The SMILES string of the molecule is CC(NC(=O)N[C@H](C(=O)O)C(C)C)c1ccc(Cl)cc1. The van der Waals surface area contributed by atoms with E-state index in [1.807, 2.05) is 19.1 Å². The molecule has 5 nitrogen and oxygen atoms in total. The van der Waals surface area contributed by atoms with Crippen molar-refractivity contribution in [2.45, 2.75) is 32.9 Å². The maximum absolute atomic E-state index is 11.8. The van der Waals surface area contributed by atoms with E-state index in [0.717, 1.165) is 5.56 Å². The van der Waals surface area contributed by atoms with Crippen molar-refractivity contribution in [1.29, 1.82) is 0 Å². The van der Waals surface area contributed by atoms with Crippen LogP contribution in [-0.2, 0) is 4.79 Å². The smallest absolute Gasteiger partial charge is 0.326 e. The minimum Gasteiger partial charge on any atom is -0.480 e. The molecule has 0 aromatic heterocycles. The van der Waals surface area contributed by atoms with Crippen molar-refractivity contribution < 1.29 is 14.7 Å². The van der Waals surface area contributed by atoms with Gasteiger partial charge < -0.3 is 15.7 Å². The Labute approximate surface area is 123 Å². The molecule has 2 amide bonds. The molecular formula is C14H19ClN2O3. The van der Waals surface area contributed by atoms with Gasteiger partial charge in [0, 0.05) is 5.02 Å². The summed E-state index contributed by atoms with van der Waals surface area (Å²) in [5.74, 6) is -1.24. The summed E-state index contributed by atoms with van der Waals surface area (Å²) in [6.45, 7) is 5.29. The number of benzene rings is 1. The van der Waals surface area contributed by atoms with Gasteiger partial charge in [0.25, 0.3) is 0 Å². The molecule has 0 aliphatic carbocycles. The van der Waals surface area contributed by atoms with Crippen molar-refractivity contribution in [1.82, 2.24) is 10.6 Å². The first-order chi connectivity index (χ1) is 9.31. The van der Waals surface area contributed by atoms with Gasteiger partial charge >= 0.3 is 12.0 Å². The summed E-state index contributed by atoms with van der Waals surface area (Å²) in [6, 6.07) is 5.44. The molecule has 20 heavy (non-hydrogen) atoms.